The van der Waals surface area contributed by atoms with Gasteiger partial charge in [0.05, 0.1) is 11.7 Å². The van der Waals surface area contributed by atoms with Gasteiger partial charge in [-0.15, -0.1) is 0 Å². The van der Waals surface area contributed by atoms with E-state index in [2.05, 4.69) is 35.6 Å². The second kappa shape index (κ2) is 10.6. The van der Waals surface area contributed by atoms with Crippen LogP contribution in [0.2, 0.25) is 0 Å². The van der Waals surface area contributed by atoms with Gasteiger partial charge < -0.3 is 19.4 Å². The van der Waals surface area contributed by atoms with Crippen LogP contribution < -0.4 is 5.32 Å². The predicted octanol–water partition coefficient (Wildman–Crippen LogP) is 6.35. The van der Waals surface area contributed by atoms with Crippen LogP contribution in [-0.2, 0) is 16.6 Å². The van der Waals surface area contributed by atoms with Crippen molar-refractivity contribution in [1.29, 1.82) is 0 Å². The van der Waals surface area contributed by atoms with Gasteiger partial charge in [-0.2, -0.15) is 0 Å². The monoisotopic (exact) mass is 449 g/mol. The number of Topliss-reactive ketones (excluding diaryl/α,β-unsaturated/α-hetero) is 1. The Morgan fingerprint density at radius 3 is 2.48 bits per heavy atom. The van der Waals surface area contributed by atoms with E-state index in [0.717, 1.165) is 48.2 Å². The summed E-state index contributed by atoms with van der Waals surface area (Å²) >= 11 is 0. The minimum atomic E-state index is -0.575. The molecule has 3 rings (SSSR count). The van der Waals surface area contributed by atoms with Crippen LogP contribution in [0.3, 0.4) is 0 Å². The molecule has 2 aromatic carbocycles. The molecular formula is C27H35N3O3. The van der Waals surface area contributed by atoms with Crippen LogP contribution in [0.15, 0.2) is 48.7 Å². The largest absolute Gasteiger partial charge is 0.444 e. The SMILES string of the molecule is CC(=O)CCCCC[C@H](NC(=O)OC(C)(C)C)c1nc(-c2ccc3ccccc3c2)cn1C. The van der Waals surface area contributed by atoms with Gasteiger partial charge in [0.25, 0.3) is 0 Å². The molecule has 0 unspecified atom stereocenters. The van der Waals surface area contributed by atoms with E-state index >= 15 is 0 Å². The molecule has 6 nitrogen and oxygen atoms in total. The lowest BCUT2D eigenvalue weighted by Gasteiger charge is -2.23. The van der Waals surface area contributed by atoms with Crippen molar-refractivity contribution in [3.8, 4) is 11.3 Å². The van der Waals surface area contributed by atoms with Crippen molar-refractivity contribution in [3.63, 3.8) is 0 Å². The number of nitrogens with zero attached hydrogens (tertiary/aromatic N) is 2. The number of hydrogen-bond acceptors (Lipinski definition) is 4. The van der Waals surface area contributed by atoms with Gasteiger partial charge in [-0.05, 0) is 57.4 Å². The van der Waals surface area contributed by atoms with Crippen molar-refractivity contribution in [2.24, 2.45) is 7.05 Å². The van der Waals surface area contributed by atoms with E-state index in [4.69, 9.17) is 9.72 Å². The summed E-state index contributed by atoms with van der Waals surface area (Å²) in [5, 5.41) is 5.36. The van der Waals surface area contributed by atoms with E-state index in [1.807, 2.05) is 50.7 Å². The molecule has 1 amide bonds. The molecule has 0 aliphatic carbocycles. The fourth-order valence-corrected chi connectivity index (χ4v) is 3.91. The maximum Gasteiger partial charge on any atom is 0.408 e. The number of aryl methyl sites for hydroxylation is 1. The third-order valence-electron chi connectivity index (χ3n) is 5.48. The maximum absolute atomic E-state index is 12.5. The standard InChI is InChI=1S/C27H35N3O3/c1-19(31)11-7-6-8-14-23(29-26(32)33-27(2,3)4)25-28-24(18-30(25)5)22-16-15-20-12-9-10-13-21(20)17-22/h9-10,12-13,15-18,23H,6-8,11,14H2,1-5H3,(H,29,32)/t23-/m0/s1. The van der Waals surface area contributed by atoms with E-state index in [1.165, 1.54) is 5.39 Å². The summed E-state index contributed by atoms with van der Waals surface area (Å²) in [6, 6.07) is 14.3. The minimum absolute atomic E-state index is 0.211. The summed E-state index contributed by atoms with van der Waals surface area (Å²) in [4.78, 5) is 28.7. The summed E-state index contributed by atoms with van der Waals surface area (Å²) < 4.78 is 7.47. The van der Waals surface area contributed by atoms with Crippen LogP contribution in [0, 0.1) is 0 Å². The molecule has 1 heterocycles. The Morgan fingerprint density at radius 1 is 1.06 bits per heavy atom. The summed E-state index contributed by atoms with van der Waals surface area (Å²) in [5.74, 6) is 0.998. The Hall–Kier alpha value is -3.15. The summed E-state index contributed by atoms with van der Waals surface area (Å²) in [6.07, 6.45) is 5.53. The summed E-state index contributed by atoms with van der Waals surface area (Å²) in [7, 11) is 1.95. The molecular weight excluding hydrogens is 414 g/mol. The Balaban J connectivity index is 1.81. The molecule has 0 bridgehead atoms. The van der Waals surface area contributed by atoms with Gasteiger partial charge in [0.2, 0.25) is 0 Å². The van der Waals surface area contributed by atoms with Crippen LogP contribution >= 0.6 is 0 Å². The highest BCUT2D eigenvalue weighted by molar-refractivity contribution is 5.86. The molecule has 0 fully saturated rings. The molecule has 3 aromatic rings. The minimum Gasteiger partial charge on any atom is -0.444 e. The molecule has 176 valence electrons. The number of ketones is 1. The molecule has 1 aromatic heterocycles. The number of rotatable bonds is 9. The lowest BCUT2D eigenvalue weighted by Crippen LogP contribution is -2.35. The quantitative estimate of drug-likeness (QED) is 0.387. The van der Waals surface area contributed by atoms with Crippen molar-refractivity contribution < 1.29 is 14.3 Å². The third kappa shape index (κ3) is 7.17. The van der Waals surface area contributed by atoms with Crippen molar-refractivity contribution in [1.82, 2.24) is 14.9 Å². The van der Waals surface area contributed by atoms with Crippen LogP contribution in [0.5, 0.6) is 0 Å². The number of aromatic nitrogens is 2. The van der Waals surface area contributed by atoms with Crippen molar-refractivity contribution in [2.45, 2.75) is 71.4 Å². The van der Waals surface area contributed by atoms with Crippen LogP contribution in [-0.4, -0.2) is 27.0 Å². The van der Waals surface area contributed by atoms with Gasteiger partial charge in [0, 0.05) is 25.2 Å². The molecule has 1 N–H and O–H groups in total. The lowest BCUT2D eigenvalue weighted by atomic mass is 10.1. The zero-order valence-electron chi connectivity index (χ0n) is 20.4. The molecule has 0 saturated carbocycles. The van der Waals surface area contributed by atoms with E-state index in [1.54, 1.807) is 6.92 Å². The highest BCUT2D eigenvalue weighted by Crippen LogP contribution is 2.27. The first-order valence-electron chi connectivity index (χ1n) is 11.6. The molecule has 6 heteroatoms. The number of carbonyl (C=O) groups excluding carboxylic acids is 2. The van der Waals surface area contributed by atoms with Gasteiger partial charge in [0.1, 0.15) is 17.2 Å². The number of imidazole rings is 1. The van der Waals surface area contributed by atoms with Gasteiger partial charge in [-0.25, -0.2) is 9.78 Å². The first kappa shape index (κ1) is 24.5. The first-order valence-corrected chi connectivity index (χ1v) is 11.6. The fourth-order valence-electron chi connectivity index (χ4n) is 3.91. The zero-order chi connectivity index (χ0) is 24.0. The molecule has 0 aliphatic rings. The Kier molecular flexibility index (Phi) is 7.90. The maximum atomic E-state index is 12.5. The smallest absolute Gasteiger partial charge is 0.408 e. The van der Waals surface area contributed by atoms with E-state index in [9.17, 15) is 9.59 Å². The number of ether oxygens (including phenoxy) is 1. The number of carbonyl (C=O) groups is 2. The first-order chi connectivity index (χ1) is 15.6. The second-order valence-corrected chi connectivity index (χ2v) is 9.66. The van der Waals surface area contributed by atoms with Gasteiger partial charge in [-0.1, -0.05) is 49.2 Å². The second-order valence-electron chi connectivity index (χ2n) is 9.66. The number of fused-ring (bicyclic) bond motifs is 1. The molecule has 33 heavy (non-hydrogen) atoms. The van der Waals surface area contributed by atoms with Crippen molar-refractivity contribution in [2.75, 3.05) is 0 Å². The zero-order valence-corrected chi connectivity index (χ0v) is 20.4. The fraction of sp³-hybridized carbons (Fsp3) is 0.444. The summed E-state index contributed by atoms with van der Waals surface area (Å²) in [6.45, 7) is 7.17. The third-order valence-corrected chi connectivity index (χ3v) is 5.48. The number of amides is 1. The number of unbranched alkanes of at least 4 members (excludes halogenated alkanes) is 2. The Bertz CT molecular complexity index is 1110. The molecule has 0 spiro atoms. The van der Waals surface area contributed by atoms with E-state index < -0.39 is 11.7 Å². The van der Waals surface area contributed by atoms with Crippen molar-refractivity contribution in [3.05, 3.63) is 54.5 Å². The normalized spacial score (nSPS) is 12.5. The number of benzene rings is 2. The number of alkyl carbamates (subject to hydrolysis) is 1. The number of nitrogens with one attached hydrogen (secondary N) is 1. The highest BCUT2D eigenvalue weighted by atomic mass is 16.6. The van der Waals surface area contributed by atoms with Crippen LogP contribution in [0.25, 0.3) is 22.0 Å². The average molecular weight is 450 g/mol. The molecule has 0 aliphatic heterocycles. The molecule has 0 saturated heterocycles. The average Bonchev–Trinajstić information content (AvgIpc) is 3.12. The van der Waals surface area contributed by atoms with E-state index in [0.29, 0.717) is 6.42 Å². The van der Waals surface area contributed by atoms with Gasteiger partial charge in [-0.3, -0.25) is 0 Å². The van der Waals surface area contributed by atoms with E-state index in [-0.39, 0.29) is 11.8 Å². The Morgan fingerprint density at radius 2 is 1.79 bits per heavy atom. The van der Waals surface area contributed by atoms with Crippen LogP contribution in [0.4, 0.5) is 4.79 Å². The highest BCUT2D eigenvalue weighted by Gasteiger charge is 2.24. The lowest BCUT2D eigenvalue weighted by molar-refractivity contribution is -0.117. The predicted molar refractivity (Wildman–Crippen MR) is 132 cm³/mol. The summed E-state index contributed by atoms with van der Waals surface area (Å²) in [5.41, 5.74) is 1.33. The van der Waals surface area contributed by atoms with Gasteiger partial charge >= 0.3 is 6.09 Å². The molecule has 1 atom stereocenters. The number of hydrogen-bond donors (Lipinski definition) is 1. The molecule has 0 radical (unpaired) electrons. The van der Waals surface area contributed by atoms with Gasteiger partial charge in [0.15, 0.2) is 0 Å². The van der Waals surface area contributed by atoms with Crippen LogP contribution in [0.1, 0.15) is 71.7 Å². The Labute approximate surface area is 196 Å². The van der Waals surface area contributed by atoms with Crippen molar-refractivity contribution >= 4 is 22.6 Å². The topological polar surface area (TPSA) is 73.2 Å².